The third kappa shape index (κ3) is 5.58. The highest BCUT2D eigenvalue weighted by Crippen LogP contribution is 2.28. The van der Waals surface area contributed by atoms with Crippen molar-refractivity contribution >= 4 is 33.5 Å². The molecule has 11 heteroatoms. The van der Waals surface area contributed by atoms with Crippen molar-refractivity contribution in [1.82, 2.24) is 24.9 Å². The van der Waals surface area contributed by atoms with Crippen LogP contribution in [0.5, 0.6) is 0 Å². The van der Waals surface area contributed by atoms with E-state index in [0.29, 0.717) is 43.5 Å². The van der Waals surface area contributed by atoms with Crippen LogP contribution in [0.1, 0.15) is 24.8 Å². The molecule has 0 aliphatic carbocycles. The van der Waals surface area contributed by atoms with Gasteiger partial charge in [0.15, 0.2) is 0 Å². The van der Waals surface area contributed by atoms with E-state index in [1.807, 2.05) is 29.2 Å². The number of hydrogen-bond donors (Lipinski definition) is 4. The van der Waals surface area contributed by atoms with Crippen molar-refractivity contribution < 1.29 is 13.2 Å². The highest BCUT2D eigenvalue weighted by molar-refractivity contribution is 7.89. The summed E-state index contributed by atoms with van der Waals surface area (Å²) in [4.78, 5) is 23.4. The Morgan fingerprint density at radius 1 is 1.03 bits per heavy atom. The van der Waals surface area contributed by atoms with Crippen LogP contribution in [-0.2, 0) is 16.6 Å². The second kappa shape index (κ2) is 10.5. The molecular formula is C25H29N7O3S. The van der Waals surface area contributed by atoms with E-state index in [1.54, 1.807) is 30.5 Å². The molecule has 1 saturated heterocycles. The zero-order chi connectivity index (χ0) is 25.0. The number of nitrogens with zero attached hydrogens (tertiary/aromatic N) is 3. The number of urea groups is 1. The molecule has 0 saturated carbocycles. The summed E-state index contributed by atoms with van der Waals surface area (Å²) in [6, 6.07) is 14.5. The average molecular weight is 508 g/mol. The standard InChI is InChI=1S/C25H29N7O3S/c33-25(32-13-1-2-14-32)28-16-18-7-9-19(10-8-18)22-17-27-24-30-20-5-3-6-21(15-20)36(34,35)29-12-4-11-26-23(22)31-24/h3,5-10,15,17,29H,1-2,4,11-14,16H2,(H,28,33)(H2,26,27,30,31). The van der Waals surface area contributed by atoms with Crippen molar-refractivity contribution in [2.24, 2.45) is 0 Å². The van der Waals surface area contributed by atoms with Crippen LogP contribution in [0, 0.1) is 0 Å². The topological polar surface area (TPSA) is 128 Å². The van der Waals surface area contributed by atoms with Gasteiger partial charge in [0, 0.05) is 50.2 Å². The molecule has 0 spiro atoms. The van der Waals surface area contributed by atoms with Crippen molar-refractivity contribution in [1.29, 1.82) is 0 Å². The number of likely N-dealkylation sites (tertiary alicyclic amines) is 1. The van der Waals surface area contributed by atoms with Gasteiger partial charge in [0.1, 0.15) is 5.82 Å². The third-order valence-electron chi connectivity index (χ3n) is 6.23. The van der Waals surface area contributed by atoms with Crippen molar-refractivity contribution in [2.75, 3.05) is 36.8 Å². The zero-order valence-corrected chi connectivity index (χ0v) is 20.6. The van der Waals surface area contributed by atoms with Crippen molar-refractivity contribution in [3.63, 3.8) is 0 Å². The summed E-state index contributed by atoms with van der Waals surface area (Å²) in [5, 5.41) is 9.41. The number of hydrogen-bond acceptors (Lipinski definition) is 7. The number of carbonyl (C=O) groups excluding carboxylic acids is 1. The predicted octanol–water partition coefficient (Wildman–Crippen LogP) is 3.29. The van der Waals surface area contributed by atoms with E-state index in [-0.39, 0.29) is 10.9 Å². The van der Waals surface area contributed by atoms with Gasteiger partial charge in [-0.2, -0.15) is 4.98 Å². The van der Waals surface area contributed by atoms with E-state index in [2.05, 4.69) is 30.6 Å². The lowest BCUT2D eigenvalue weighted by Crippen LogP contribution is -2.37. The monoisotopic (exact) mass is 507 g/mol. The molecule has 188 valence electrons. The number of carbonyl (C=O) groups is 1. The van der Waals surface area contributed by atoms with Gasteiger partial charge in [-0.25, -0.2) is 22.9 Å². The summed E-state index contributed by atoms with van der Waals surface area (Å²) in [5.41, 5.74) is 3.35. The molecule has 3 heterocycles. The first-order chi connectivity index (χ1) is 17.5. The van der Waals surface area contributed by atoms with Crippen LogP contribution in [-0.4, -0.2) is 55.5 Å². The van der Waals surface area contributed by atoms with Gasteiger partial charge >= 0.3 is 6.03 Å². The number of nitrogens with one attached hydrogen (secondary N) is 4. The summed E-state index contributed by atoms with van der Waals surface area (Å²) in [5.74, 6) is 1.02. The Labute approximate surface area is 210 Å². The number of aromatic nitrogens is 2. The van der Waals surface area contributed by atoms with Crippen LogP contribution in [0.2, 0.25) is 0 Å². The summed E-state index contributed by atoms with van der Waals surface area (Å²) in [6.07, 6.45) is 4.47. The second-order valence-electron chi connectivity index (χ2n) is 8.84. The summed E-state index contributed by atoms with van der Waals surface area (Å²) in [7, 11) is -3.59. The lowest BCUT2D eigenvalue weighted by Gasteiger charge is -2.16. The Hall–Kier alpha value is -3.70. The van der Waals surface area contributed by atoms with Crippen molar-refractivity contribution in [2.45, 2.75) is 30.7 Å². The molecule has 1 fully saturated rings. The second-order valence-corrected chi connectivity index (χ2v) is 10.6. The number of sulfonamides is 1. The fourth-order valence-corrected chi connectivity index (χ4v) is 5.37. The highest BCUT2D eigenvalue weighted by Gasteiger charge is 2.18. The van der Waals surface area contributed by atoms with Gasteiger partial charge < -0.3 is 20.9 Å². The summed E-state index contributed by atoms with van der Waals surface area (Å²) >= 11 is 0. The maximum Gasteiger partial charge on any atom is 0.317 e. The molecule has 2 aromatic carbocycles. The van der Waals surface area contributed by atoms with Gasteiger partial charge in [-0.3, -0.25) is 0 Å². The third-order valence-corrected chi connectivity index (χ3v) is 7.69. The molecule has 2 amide bonds. The van der Waals surface area contributed by atoms with E-state index in [9.17, 15) is 13.2 Å². The van der Waals surface area contributed by atoms with Crippen molar-refractivity contribution in [3.05, 3.63) is 60.3 Å². The van der Waals surface area contributed by atoms with E-state index in [4.69, 9.17) is 0 Å². The maximum absolute atomic E-state index is 12.6. The highest BCUT2D eigenvalue weighted by atomic mass is 32.2. The zero-order valence-electron chi connectivity index (χ0n) is 19.8. The molecule has 2 aliphatic heterocycles. The minimum Gasteiger partial charge on any atom is -0.369 e. The van der Waals surface area contributed by atoms with E-state index in [1.165, 1.54) is 0 Å². The van der Waals surface area contributed by atoms with Crippen LogP contribution in [0.25, 0.3) is 11.1 Å². The Morgan fingerprint density at radius 2 is 1.83 bits per heavy atom. The molecule has 0 unspecified atom stereocenters. The summed E-state index contributed by atoms with van der Waals surface area (Å²) < 4.78 is 27.8. The Bertz CT molecular complexity index is 1340. The molecule has 4 bridgehead atoms. The molecule has 2 aliphatic rings. The fraction of sp³-hybridized carbons (Fsp3) is 0.320. The fourth-order valence-electron chi connectivity index (χ4n) is 4.26. The molecule has 5 rings (SSSR count). The SMILES string of the molecule is O=C(NCc1ccc(-c2cnc3nc2NCCCNS(=O)(=O)c2cccc(c2)N3)cc1)N1CCCC1. The van der Waals surface area contributed by atoms with Gasteiger partial charge in [0.05, 0.1) is 4.90 Å². The van der Waals surface area contributed by atoms with Gasteiger partial charge in [-0.15, -0.1) is 0 Å². The minimum absolute atomic E-state index is 0.0173. The van der Waals surface area contributed by atoms with Crippen LogP contribution >= 0.6 is 0 Å². The quantitative estimate of drug-likeness (QED) is 0.428. The van der Waals surface area contributed by atoms with E-state index >= 15 is 0 Å². The lowest BCUT2D eigenvalue weighted by molar-refractivity contribution is 0.208. The van der Waals surface area contributed by atoms with E-state index < -0.39 is 10.0 Å². The van der Waals surface area contributed by atoms with E-state index in [0.717, 1.165) is 42.6 Å². The Morgan fingerprint density at radius 3 is 2.64 bits per heavy atom. The van der Waals surface area contributed by atoms with Crippen LogP contribution in [0.15, 0.2) is 59.6 Å². The number of fused-ring (bicyclic) bond motifs is 4. The van der Waals surface area contributed by atoms with Crippen LogP contribution in [0.3, 0.4) is 0 Å². The molecule has 36 heavy (non-hydrogen) atoms. The van der Waals surface area contributed by atoms with Crippen LogP contribution in [0.4, 0.5) is 22.2 Å². The normalized spacial score (nSPS) is 17.1. The molecule has 0 radical (unpaired) electrons. The lowest BCUT2D eigenvalue weighted by atomic mass is 10.1. The maximum atomic E-state index is 12.6. The van der Waals surface area contributed by atoms with Gasteiger partial charge in [0.25, 0.3) is 0 Å². The smallest absolute Gasteiger partial charge is 0.317 e. The van der Waals surface area contributed by atoms with Crippen molar-refractivity contribution in [3.8, 4) is 11.1 Å². The molecular weight excluding hydrogens is 478 g/mol. The first kappa shape index (κ1) is 24.0. The number of rotatable bonds is 3. The Balaban J connectivity index is 1.34. The Kier molecular flexibility index (Phi) is 7.01. The average Bonchev–Trinajstić information content (AvgIpc) is 3.43. The molecule has 1 aromatic heterocycles. The van der Waals surface area contributed by atoms with Gasteiger partial charge in [0.2, 0.25) is 16.0 Å². The molecule has 0 atom stereocenters. The van der Waals surface area contributed by atoms with Gasteiger partial charge in [-0.1, -0.05) is 30.3 Å². The summed E-state index contributed by atoms with van der Waals surface area (Å²) in [6.45, 7) is 2.95. The number of amides is 2. The molecule has 10 nitrogen and oxygen atoms in total. The largest absolute Gasteiger partial charge is 0.369 e. The first-order valence-electron chi connectivity index (χ1n) is 12.1. The predicted molar refractivity (Wildman–Crippen MR) is 139 cm³/mol. The van der Waals surface area contributed by atoms with Crippen LogP contribution < -0.4 is 20.7 Å². The number of anilines is 3. The molecule has 4 N–H and O–H groups in total. The van der Waals surface area contributed by atoms with Gasteiger partial charge in [-0.05, 0) is 48.6 Å². The number of benzene rings is 2. The first-order valence-corrected chi connectivity index (χ1v) is 13.6. The molecule has 3 aromatic rings. The minimum atomic E-state index is -3.59.